The lowest BCUT2D eigenvalue weighted by molar-refractivity contribution is 1.07. The molecular weight excluding hydrogens is 247 g/mol. The van der Waals surface area contributed by atoms with Crippen molar-refractivity contribution < 1.29 is 0 Å². The van der Waals surface area contributed by atoms with Gasteiger partial charge in [-0.25, -0.2) is 0 Å². The molecule has 0 atom stereocenters. The number of aromatic amines is 1. The zero-order valence-corrected chi connectivity index (χ0v) is 10.4. The Kier molecular flexibility index (Phi) is 4.33. The molecule has 0 amide bonds. The van der Waals surface area contributed by atoms with Crippen molar-refractivity contribution in [1.82, 2.24) is 9.97 Å². The Labute approximate surface area is 104 Å². The first-order chi connectivity index (χ1) is 7.24. The van der Waals surface area contributed by atoms with E-state index in [4.69, 9.17) is 11.6 Å². The number of fused-ring (bicyclic) bond motifs is 1. The maximum absolute atomic E-state index is 11.5. The van der Waals surface area contributed by atoms with E-state index in [1.807, 2.05) is 19.1 Å². The van der Waals surface area contributed by atoms with Gasteiger partial charge in [0.15, 0.2) is 0 Å². The number of nitrogens with one attached hydrogen (secondary N) is 1. The Morgan fingerprint density at radius 1 is 1.44 bits per heavy atom. The number of halogens is 2. The summed E-state index contributed by atoms with van der Waals surface area (Å²) in [6, 6.07) is 3.68. The molecule has 0 saturated carbocycles. The van der Waals surface area contributed by atoms with Crippen LogP contribution in [0.5, 0.6) is 0 Å². The third kappa shape index (κ3) is 2.36. The smallest absolute Gasteiger partial charge is 0.251 e. The summed E-state index contributed by atoms with van der Waals surface area (Å²) < 4.78 is 0. The van der Waals surface area contributed by atoms with Gasteiger partial charge in [0.2, 0.25) is 0 Å². The Bertz CT molecular complexity index is 551. The molecule has 0 unspecified atom stereocenters. The molecule has 0 radical (unpaired) electrons. The fourth-order valence-electron chi connectivity index (χ4n) is 1.50. The van der Waals surface area contributed by atoms with E-state index in [-0.39, 0.29) is 18.0 Å². The van der Waals surface area contributed by atoms with Crippen molar-refractivity contribution in [3.05, 3.63) is 39.8 Å². The second-order valence-electron chi connectivity index (χ2n) is 3.39. The Hall–Kier alpha value is -1.06. The van der Waals surface area contributed by atoms with Gasteiger partial charge in [0.1, 0.15) is 0 Å². The lowest BCUT2D eigenvalue weighted by atomic mass is 10.2. The minimum Gasteiger partial charge on any atom is -0.320 e. The molecule has 1 N–H and O–H groups in total. The van der Waals surface area contributed by atoms with E-state index in [0.29, 0.717) is 12.3 Å². The van der Waals surface area contributed by atoms with Crippen LogP contribution in [0.1, 0.15) is 18.1 Å². The molecule has 0 aliphatic heterocycles. The Morgan fingerprint density at radius 3 is 2.81 bits per heavy atom. The second-order valence-corrected chi connectivity index (χ2v) is 3.65. The summed E-state index contributed by atoms with van der Waals surface area (Å²) in [5, 5.41) is 0. The number of nitrogens with zero attached hydrogens (tertiary/aromatic N) is 1. The number of aromatic nitrogens is 2. The molecule has 3 nitrogen and oxygen atoms in total. The second kappa shape index (κ2) is 5.32. The molecule has 2 aromatic heterocycles. The summed E-state index contributed by atoms with van der Waals surface area (Å²) >= 11 is 5.69. The summed E-state index contributed by atoms with van der Waals surface area (Å²) in [7, 11) is 0. The molecule has 16 heavy (non-hydrogen) atoms. The first kappa shape index (κ1) is 13.0. The zero-order chi connectivity index (χ0) is 10.8. The highest BCUT2D eigenvalue weighted by Gasteiger charge is 2.02. The van der Waals surface area contributed by atoms with E-state index in [1.54, 1.807) is 6.20 Å². The van der Waals surface area contributed by atoms with E-state index >= 15 is 0 Å². The predicted octanol–water partition coefficient (Wildman–Crippen LogP) is 2.65. The third-order valence-electron chi connectivity index (χ3n) is 2.36. The number of H-pyrrole nitrogens is 1. The molecule has 0 spiro atoms. The third-order valence-corrected chi connectivity index (χ3v) is 2.67. The maximum atomic E-state index is 11.5. The minimum absolute atomic E-state index is 0. The van der Waals surface area contributed by atoms with E-state index in [2.05, 4.69) is 9.97 Å². The van der Waals surface area contributed by atoms with E-state index in [0.717, 1.165) is 22.2 Å². The molecule has 0 fully saturated rings. The highest BCUT2D eigenvalue weighted by molar-refractivity contribution is 6.17. The van der Waals surface area contributed by atoms with Crippen LogP contribution in [0.2, 0.25) is 0 Å². The van der Waals surface area contributed by atoms with Crippen LogP contribution in [0.15, 0.2) is 23.1 Å². The molecule has 2 rings (SSSR count). The van der Waals surface area contributed by atoms with Crippen LogP contribution in [0.3, 0.4) is 0 Å². The summed E-state index contributed by atoms with van der Waals surface area (Å²) in [5.41, 5.74) is 3.17. The van der Waals surface area contributed by atoms with Crippen LogP contribution in [0.25, 0.3) is 11.0 Å². The van der Waals surface area contributed by atoms with E-state index < -0.39 is 0 Å². The summed E-state index contributed by atoms with van der Waals surface area (Å²) in [6.07, 6.45) is 2.44. The molecule has 0 aliphatic rings. The Morgan fingerprint density at radius 2 is 2.19 bits per heavy atom. The largest absolute Gasteiger partial charge is 0.320 e. The SMILES string of the molecule is CCc1cc2ncc(CCl)cc2[nH]c1=O.Cl. The molecule has 0 saturated heterocycles. The first-order valence-electron chi connectivity index (χ1n) is 4.81. The van der Waals surface area contributed by atoms with Crippen molar-refractivity contribution in [2.45, 2.75) is 19.2 Å². The molecule has 2 aromatic rings. The molecule has 0 bridgehead atoms. The quantitative estimate of drug-likeness (QED) is 0.842. The molecular formula is C11H12Cl2N2O. The topological polar surface area (TPSA) is 45.8 Å². The number of hydrogen-bond acceptors (Lipinski definition) is 2. The molecule has 2 heterocycles. The molecule has 5 heteroatoms. The van der Waals surface area contributed by atoms with Gasteiger partial charge in [-0.15, -0.1) is 24.0 Å². The fourth-order valence-corrected chi connectivity index (χ4v) is 1.65. The van der Waals surface area contributed by atoms with Crippen LogP contribution in [-0.4, -0.2) is 9.97 Å². The average Bonchev–Trinajstić information content (AvgIpc) is 2.27. The van der Waals surface area contributed by atoms with E-state index in [9.17, 15) is 4.79 Å². The van der Waals surface area contributed by atoms with Gasteiger partial charge in [0, 0.05) is 17.6 Å². The Balaban J connectivity index is 0.00000128. The van der Waals surface area contributed by atoms with Crippen molar-refractivity contribution in [3.63, 3.8) is 0 Å². The predicted molar refractivity (Wildman–Crippen MR) is 68.5 cm³/mol. The highest BCUT2D eigenvalue weighted by atomic mass is 35.5. The summed E-state index contributed by atoms with van der Waals surface area (Å²) in [6.45, 7) is 1.95. The molecule has 0 aliphatic carbocycles. The van der Waals surface area contributed by atoms with Gasteiger partial charge in [-0.1, -0.05) is 6.92 Å². The first-order valence-corrected chi connectivity index (χ1v) is 5.35. The van der Waals surface area contributed by atoms with Crippen molar-refractivity contribution in [2.24, 2.45) is 0 Å². The van der Waals surface area contributed by atoms with Crippen molar-refractivity contribution in [1.29, 1.82) is 0 Å². The lowest BCUT2D eigenvalue weighted by Gasteiger charge is -2.01. The van der Waals surface area contributed by atoms with Gasteiger partial charge in [-0.05, 0) is 24.1 Å². The summed E-state index contributed by atoms with van der Waals surface area (Å²) in [4.78, 5) is 18.6. The molecule has 86 valence electrons. The number of alkyl halides is 1. The minimum atomic E-state index is -0.0430. The average molecular weight is 259 g/mol. The monoisotopic (exact) mass is 258 g/mol. The van der Waals surface area contributed by atoms with Crippen LogP contribution < -0.4 is 5.56 Å². The van der Waals surface area contributed by atoms with Gasteiger partial charge in [-0.2, -0.15) is 0 Å². The van der Waals surface area contributed by atoms with Crippen molar-refractivity contribution in [2.75, 3.05) is 0 Å². The van der Waals surface area contributed by atoms with Gasteiger partial charge in [0.25, 0.3) is 5.56 Å². The highest BCUT2D eigenvalue weighted by Crippen LogP contribution is 2.11. The van der Waals surface area contributed by atoms with Gasteiger partial charge in [0.05, 0.1) is 11.0 Å². The van der Waals surface area contributed by atoms with Crippen LogP contribution >= 0.6 is 24.0 Å². The molecule has 0 aromatic carbocycles. The summed E-state index contributed by atoms with van der Waals surface area (Å²) in [5.74, 6) is 0.403. The normalized spacial score (nSPS) is 10.1. The number of hydrogen-bond donors (Lipinski definition) is 1. The maximum Gasteiger partial charge on any atom is 0.251 e. The van der Waals surface area contributed by atoms with Gasteiger partial charge in [-0.3, -0.25) is 9.78 Å². The van der Waals surface area contributed by atoms with Gasteiger partial charge < -0.3 is 4.98 Å². The number of pyridine rings is 2. The van der Waals surface area contributed by atoms with Crippen LogP contribution in [0.4, 0.5) is 0 Å². The lowest BCUT2D eigenvalue weighted by Crippen LogP contribution is -2.11. The van der Waals surface area contributed by atoms with Crippen molar-refractivity contribution >= 4 is 35.0 Å². The van der Waals surface area contributed by atoms with Crippen LogP contribution in [-0.2, 0) is 12.3 Å². The van der Waals surface area contributed by atoms with Gasteiger partial charge >= 0.3 is 0 Å². The zero-order valence-electron chi connectivity index (χ0n) is 8.79. The number of aryl methyl sites for hydroxylation is 1. The fraction of sp³-hybridized carbons (Fsp3) is 0.273. The standard InChI is InChI=1S/C11H11ClN2O.ClH/c1-2-8-4-9-10(14-11(8)15)3-7(5-12)6-13-9;/h3-4,6H,2,5H2,1H3,(H,14,15);1H. The van der Waals surface area contributed by atoms with E-state index in [1.165, 1.54) is 0 Å². The number of rotatable bonds is 2. The van der Waals surface area contributed by atoms with Crippen LogP contribution in [0, 0.1) is 0 Å². The van der Waals surface area contributed by atoms with Crippen molar-refractivity contribution in [3.8, 4) is 0 Å².